The Morgan fingerprint density at radius 1 is 1.15 bits per heavy atom. The lowest BCUT2D eigenvalue weighted by Gasteiger charge is -2.36. The number of rotatable bonds is 4. The fraction of sp³-hybridized carbons (Fsp3) is 0.318. The number of nitrogens with one attached hydrogen (secondary N) is 1. The van der Waals surface area contributed by atoms with Crippen molar-refractivity contribution in [3.63, 3.8) is 0 Å². The first kappa shape index (κ1) is 21.2. The van der Waals surface area contributed by atoms with Crippen LogP contribution in [0.3, 0.4) is 0 Å². The second-order valence-electron chi connectivity index (χ2n) is 8.08. The van der Waals surface area contributed by atoms with Crippen molar-refractivity contribution in [2.24, 2.45) is 0 Å². The number of fused-ring (bicyclic) bond motifs is 2. The van der Waals surface area contributed by atoms with Gasteiger partial charge in [-0.3, -0.25) is 4.79 Å². The molecule has 1 aromatic carbocycles. The third kappa shape index (κ3) is 3.97. The zero-order valence-electron chi connectivity index (χ0n) is 18.4. The summed E-state index contributed by atoms with van der Waals surface area (Å²) >= 11 is 6.47. The average molecular weight is 466 g/mol. The van der Waals surface area contributed by atoms with Gasteiger partial charge in [-0.25, -0.2) is 4.98 Å². The quantitative estimate of drug-likeness (QED) is 0.472. The molecule has 33 heavy (non-hydrogen) atoms. The first-order valence-corrected chi connectivity index (χ1v) is 11.1. The van der Waals surface area contributed by atoms with Crippen LogP contribution in [0.4, 0.5) is 17.7 Å². The van der Waals surface area contributed by atoms with Gasteiger partial charge in [0.15, 0.2) is 5.65 Å². The Hall–Kier alpha value is -3.66. The number of carbonyl (C=O) groups excluding carboxylic acids is 1. The molecule has 11 heteroatoms. The maximum atomic E-state index is 11.8. The lowest BCUT2D eigenvalue weighted by Crippen LogP contribution is -2.48. The van der Waals surface area contributed by atoms with Crippen LogP contribution in [0.15, 0.2) is 36.5 Å². The fourth-order valence-corrected chi connectivity index (χ4v) is 4.41. The van der Waals surface area contributed by atoms with E-state index in [1.165, 1.54) is 0 Å². The number of nitrogen functional groups attached to an aromatic ring is 1. The molecule has 0 radical (unpaired) electrons. The Balaban J connectivity index is 1.55. The van der Waals surface area contributed by atoms with Crippen LogP contribution in [-0.4, -0.2) is 61.6 Å². The summed E-state index contributed by atoms with van der Waals surface area (Å²) in [4.78, 5) is 29.4. The van der Waals surface area contributed by atoms with Gasteiger partial charge in [0.25, 0.3) is 0 Å². The third-order valence-corrected chi connectivity index (χ3v) is 6.22. The number of piperazine rings is 1. The molecular weight excluding hydrogens is 442 g/mol. The molecule has 10 nitrogen and oxygen atoms in total. The maximum absolute atomic E-state index is 11.8. The normalized spacial score (nSPS) is 15.2. The molecule has 1 atom stereocenters. The van der Waals surface area contributed by atoms with Gasteiger partial charge in [0, 0.05) is 50.1 Å². The summed E-state index contributed by atoms with van der Waals surface area (Å²) in [5.74, 6) is 1.58. The van der Waals surface area contributed by atoms with Crippen molar-refractivity contribution in [1.29, 1.82) is 0 Å². The standard InChI is InChI=1S/C22H24ClN9O/c1-13(26-22-29-21(24)27-18-6-7-25-32(18)22)16-12-15-4-3-5-17(23)19(15)28-20(16)31-10-8-30(9-11-31)14(2)33/h3-7,12-13H,8-11H2,1-2H3,(H3,24,26,27,29)/t13-/m0/s1. The molecule has 1 fully saturated rings. The number of aromatic nitrogens is 5. The topological polar surface area (TPSA) is 118 Å². The van der Waals surface area contributed by atoms with E-state index in [1.807, 2.05) is 30.0 Å². The van der Waals surface area contributed by atoms with Gasteiger partial charge in [-0.1, -0.05) is 23.7 Å². The predicted octanol–water partition coefficient (Wildman–Crippen LogP) is 2.75. The van der Waals surface area contributed by atoms with E-state index in [1.54, 1.807) is 23.7 Å². The maximum Gasteiger partial charge on any atom is 0.229 e. The van der Waals surface area contributed by atoms with Crippen LogP contribution < -0.4 is 16.0 Å². The highest BCUT2D eigenvalue weighted by Crippen LogP contribution is 2.33. The van der Waals surface area contributed by atoms with Crippen LogP contribution in [0.25, 0.3) is 16.6 Å². The molecule has 1 saturated heterocycles. The summed E-state index contributed by atoms with van der Waals surface area (Å²) in [6.45, 7) is 6.31. The number of para-hydroxylation sites is 1. The monoisotopic (exact) mass is 465 g/mol. The molecule has 4 aromatic rings. The zero-order valence-corrected chi connectivity index (χ0v) is 19.1. The fourth-order valence-electron chi connectivity index (χ4n) is 4.18. The summed E-state index contributed by atoms with van der Waals surface area (Å²) in [5, 5.41) is 9.27. The van der Waals surface area contributed by atoms with Crippen LogP contribution in [0.1, 0.15) is 25.5 Å². The Morgan fingerprint density at radius 2 is 1.94 bits per heavy atom. The number of hydrogen-bond donors (Lipinski definition) is 2. The van der Waals surface area contributed by atoms with Crippen LogP contribution in [0.2, 0.25) is 5.02 Å². The van der Waals surface area contributed by atoms with Crippen molar-refractivity contribution in [3.8, 4) is 0 Å². The second-order valence-corrected chi connectivity index (χ2v) is 8.49. The molecule has 5 rings (SSSR count). The average Bonchev–Trinajstić information content (AvgIpc) is 3.27. The number of hydrogen-bond acceptors (Lipinski definition) is 8. The molecule has 0 spiro atoms. The molecule has 1 aliphatic heterocycles. The first-order chi connectivity index (χ1) is 15.9. The molecule has 0 saturated carbocycles. The van der Waals surface area contributed by atoms with Crippen molar-refractivity contribution < 1.29 is 4.79 Å². The number of halogens is 1. The first-order valence-electron chi connectivity index (χ1n) is 10.7. The van der Waals surface area contributed by atoms with Crippen molar-refractivity contribution in [1.82, 2.24) is 29.5 Å². The summed E-state index contributed by atoms with van der Waals surface area (Å²) in [6, 6.07) is 9.45. The van der Waals surface area contributed by atoms with Gasteiger partial charge in [-0.05, 0) is 19.1 Å². The highest BCUT2D eigenvalue weighted by molar-refractivity contribution is 6.35. The van der Waals surface area contributed by atoms with Crippen LogP contribution in [0, 0.1) is 0 Å². The highest BCUT2D eigenvalue weighted by Gasteiger charge is 2.25. The number of anilines is 3. The summed E-state index contributed by atoms with van der Waals surface area (Å²) in [7, 11) is 0. The molecular formula is C22H24ClN9O. The molecule has 1 aliphatic rings. The summed E-state index contributed by atoms with van der Waals surface area (Å²) < 4.78 is 1.61. The van der Waals surface area contributed by atoms with Crippen molar-refractivity contribution >= 4 is 51.8 Å². The van der Waals surface area contributed by atoms with Crippen molar-refractivity contribution in [2.45, 2.75) is 19.9 Å². The van der Waals surface area contributed by atoms with Crippen LogP contribution >= 0.6 is 11.6 Å². The second kappa shape index (κ2) is 8.36. The Bertz CT molecular complexity index is 1350. The van der Waals surface area contributed by atoms with Crippen LogP contribution in [0.5, 0.6) is 0 Å². The smallest absolute Gasteiger partial charge is 0.229 e. The van der Waals surface area contributed by atoms with E-state index in [2.05, 4.69) is 31.3 Å². The minimum absolute atomic E-state index is 0.0870. The van der Waals surface area contributed by atoms with Gasteiger partial charge in [0.2, 0.25) is 17.8 Å². The third-order valence-electron chi connectivity index (χ3n) is 5.91. The lowest BCUT2D eigenvalue weighted by atomic mass is 10.0. The zero-order chi connectivity index (χ0) is 23.1. The number of benzene rings is 1. The van der Waals surface area contributed by atoms with E-state index >= 15 is 0 Å². The number of nitrogens with zero attached hydrogens (tertiary/aromatic N) is 7. The largest absolute Gasteiger partial charge is 0.368 e. The molecule has 170 valence electrons. The van der Waals surface area contributed by atoms with Gasteiger partial charge < -0.3 is 20.9 Å². The minimum atomic E-state index is -0.177. The molecule has 3 N–H and O–H groups in total. The van der Waals surface area contributed by atoms with Gasteiger partial charge >= 0.3 is 0 Å². The van der Waals surface area contributed by atoms with Crippen molar-refractivity contribution in [3.05, 3.63) is 47.1 Å². The van der Waals surface area contributed by atoms with Gasteiger partial charge in [0.05, 0.1) is 22.8 Å². The molecule has 3 aromatic heterocycles. The Kier molecular flexibility index (Phi) is 5.37. The number of nitrogens with two attached hydrogens (primary N) is 1. The number of carbonyl (C=O) groups is 1. The lowest BCUT2D eigenvalue weighted by molar-refractivity contribution is -0.129. The van der Waals surface area contributed by atoms with Crippen molar-refractivity contribution in [2.75, 3.05) is 42.1 Å². The molecule has 0 unspecified atom stereocenters. The van der Waals surface area contributed by atoms with Gasteiger partial charge in [-0.2, -0.15) is 19.6 Å². The number of amides is 1. The van der Waals surface area contributed by atoms with E-state index in [0.29, 0.717) is 42.8 Å². The summed E-state index contributed by atoms with van der Waals surface area (Å²) in [5.41, 5.74) is 8.25. The summed E-state index contributed by atoms with van der Waals surface area (Å²) in [6.07, 6.45) is 1.65. The highest BCUT2D eigenvalue weighted by atomic mass is 35.5. The minimum Gasteiger partial charge on any atom is -0.368 e. The Labute approximate surface area is 195 Å². The van der Waals surface area contributed by atoms with Gasteiger partial charge in [0.1, 0.15) is 5.82 Å². The van der Waals surface area contributed by atoms with E-state index in [4.69, 9.17) is 22.3 Å². The molecule has 0 bridgehead atoms. The molecule has 0 aliphatic carbocycles. The Morgan fingerprint density at radius 3 is 2.70 bits per heavy atom. The van der Waals surface area contributed by atoms with Gasteiger partial charge in [-0.15, -0.1) is 0 Å². The SMILES string of the molecule is CC(=O)N1CCN(c2nc3c(Cl)cccc3cc2[C@H](C)Nc2nc(N)nc3ccnn23)CC1. The molecule has 1 amide bonds. The molecule has 4 heterocycles. The van der Waals surface area contributed by atoms with E-state index in [0.717, 1.165) is 22.3 Å². The van der Waals surface area contributed by atoms with Crippen LogP contribution in [-0.2, 0) is 4.79 Å². The van der Waals surface area contributed by atoms with E-state index in [-0.39, 0.29) is 17.9 Å². The van der Waals surface area contributed by atoms with E-state index < -0.39 is 0 Å². The number of pyridine rings is 1. The predicted molar refractivity (Wildman–Crippen MR) is 128 cm³/mol. The van der Waals surface area contributed by atoms with E-state index in [9.17, 15) is 4.79 Å².